The van der Waals surface area contributed by atoms with Crippen LogP contribution in [0.2, 0.25) is 0 Å². The summed E-state index contributed by atoms with van der Waals surface area (Å²) < 4.78 is 24.1. The van der Waals surface area contributed by atoms with Crippen molar-refractivity contribution < 1.29 is 49.3 Å². The summed E-state index contributed by atoms with van der Waals surface area (Å²) >= 11 is 0. The fraction of sp³-hybridized carbons (Fsp3) is 0.971. The summed E-state index contributed by atoms with van der Waals surface area (Å²) in [6.07, 6.45) is -4.85. The largest absolute Gasteiger partial charge is 0.459 e. The van der Waals surface area contributed by atoms with Gasteiger partial charge in [0.2, 0.25) is 0 Å². The predicted octanol–water partition coefficient (Wildman–Crippen LogP) is 0.976. The van der Waals surface area contributed by atoms with Gasteiger partial charge in [-0.05, 0) is 86.9 Å². The Kier molecular flexibility index (Phi) is 15.5. The van der Waals surface area contributed by atoms with E-state index in [1.807, 2.05) is 39.8 Å². The van der Waals surface area contributed by atoms with Crippen LogP contribution in [0.25, 0.3) is 0 Å². The summed E-state index contributed by atoms with van der Waals surface area (Å²) in [7, 11) is 5.29. The van der Waals surface area contributed by atoms with Crippen molar-refractivity contribution in [3.05, 3.63) is 0 Å². The molecule has 278 valence electrons. The standard InChI is InChI=1S/C34H67N3O10/c1-13-25-33(9,42)28(39)23(7)35-17-19(3)16-32(8,41)29(47-31-27(38)24(37(10)11)15-20(4)45-31)21(5)34(43,22(6)30(40)46-25)18-36-26(14-2)44-12/h19-29,31,35-36,38-39,41-43H,13-18H2,1-12H3/t19-,20-,21-,22?,23-,24+,25-,26?,27-,28-,29-,31+,32+,33-,34-/m1/s1. The highest BCUT2D eigenvalue weighted by Crippen LogP contribution is 2.40. The van der Waals surface area contributed by atoms with Gasteiger partial charge in [0, 0.05) is 31.7 Å². The number of aliphatic hydroxyl groups excluding tert-OH is 2. The van der Waals surface area contributed by atoms with Gasteiger partial charge in [-0.2, -0.15) is 0 Å². The molecule has 2 aliphatic rings. The lowest BCUT2D eigenvalue weighted by Gasteiger charge is -2.49. The normalized spacial score (nSPS) is 45.6. The van der Waals surface area contributed by atoms with E-state index in [0.29, 0.717) is 19.4 Å². The molecule has 15 atom stereocenters. The van der Waals surface area contributed by atoms with E-state index in [1.165, 1.54) is 6.92 Å². The molecule has 2 fully saturated rings. The molecule has 2 aliphatic heterocycles. The number of aliphatic hydroxyl groups is 5. The van der Waals surface area contributed by atoms with Gasteiger partial charge in [0.05, 0.1) is 29.3 Å². The summed E-state index contributed by atoms with van der Waals surface area (Å²) in [5, 5.41) is 65.5. The van der Waals surface area contributed by atoms with Crippen molar-refractivity contribution in [3.8, 4) is 0 Å². The third-order valence-corrected chi connectivity index (χ3v) is 10.7. The second-order valence-electron chi connectivity index (χ2n) is 15.0. The van der Waals surface area contributed by atoms with E-state index in [2.05, 4.69) is 10.6 Å². The molecule has 2 saturated heterocycles. The monoisotopic (exact) mass is 677 g/mol. The quantitative estimate of drug-likeness (QED) is 0.136. The van der Waals surface area contributed by atoms with Crippen molar-refractivity contribution in [2.24, 2.45) is 17.8 Å². The molecule has 0 aromatic heterocycles. The zero-order chi connectivity index (χ0) is 36.1. The highest BCUT2D eigenvalue weighted by atomic mass is 16.7. The lowest BCUT2D eigenvalue weighted by Crippen LogP contribution is -2.64. The Hall–Kier alpha value is -0.970. The maximum atomic E-state index is 13.9. The number of hydrogen-bond donors (Lipinski definition) is 7. The van der Waals surface area contributed by atoms with Crippen molar-refractivity contribution in [2.75, 3.05) is 34.3 Å². The lowest BCUT2D eigenvalue weighted by atomic mass is 9.70. The Morgan fingerprint density at radius 2 is 1.70 bits per heavy atom. The molecule has 2 rings (SSSR count). The molecular formula is C34H67N3O10. The summed E-state index contributed by atoms with van der Waals surface area (Å²) in [5.41, 5.74) is -5.31. The average Bonchev–Trinajstić information content (AvgIpc) is 3.00. The van der Waals surface area contributed by atoms with E-state index in [-0.39, 0.29) is 37.5 Å². The molecule has 2 heterocycles. The molecule has 0 aliphatic carbocycles. The molecule has 47 heavy (non-hydrogen) atoms. The van der Waals surface area contributed by atoms with Gasteiger partial charge in [-0.25, -0.2) is 0 Å². The van der Waals surface area contributed by atoms with Crippen LogP contribution in [0.3, 0.4) is 0 Å². The molecular weight excluding hydrogens is 610 g/mol. The van der Waals surface area contributed by atoms with Crippen LogP contribution in [0, 0.1) is 17.8 Å². The number of cyclic esters (lactones) is 1. The Labute approximate surface area is 282 Å². The highest BCUT2D eigenvalue weighted by Gasteiger charge is 2.55. The molecule has 7 N–H and O–H groups in total. The molecule has 0 saturated carbocycles. The number of carbonyl (C=O) groups is 1. The van der Waals surface area contributed by atoms with Crippen molar-refractivity contribution in [1.82, 2.24) is 15.5 Å². The van der Waals surface area contributed by atoms with E-state index >= 15 is 0 Å². The van der Waals surface area contributed by atoms with Crippen LogP contribution in [0.4, 0.5) is 0 Å². The number of ether oxygens (including phenoxy) is 4. The van der Waals surface area contributed by atoms with E-state index in [1.54, 1.807) is 41.7 Å². The van der Waals surface area contributed by atoms with Crippen molar-refractivity contribution >= 4 is 5.97 Å². The Bertz CT molecular complexity index is 966. The minimum Gasteiger partial charge on any atom is -0.459 e. The number of nitrogens with one attached hydrogen (secondary N) is 2. The van der Waals surface area contributed by atoms with Crippen LogP contribution in [0.15, 0.2) is 0 Å². The third kappa shape index (κ3) is 10.1. The average molecular weight is 678 g/mol. The minimum atomic E-state index is -1.90. The number of carbonyl (C=O) groups excluding carboxylic acids is 1. The van der Waals surface area contributed by atoms with Gasteiger partial charge < -0.3 is 54.7 Å². The molecule has 0 amide bonds. The van der Waals surface area contributed by atoms with Crippen molar-refractivity contribution in [1.29, 1.82) is 0 Å². The molecule has 13 heteroatoms. The van der Waals surface area contributed by atoms with Gasteiger partial charge in [0.1, 0.15) is 30.1 Å². The fourth-order valence-corrected chi connectivity index (χ4v) is 7.40. The van der Waals surface area contributed by atoms with E-state index in [0.717, 1.165) is 0 Å². The van der Waals surface area contributed by atoms with Gasteiger partial charge in [-0.3, -0.25) is 10.1 Å². The first-order valence-corrected chi connectivity index (χ1v) is 17.4. The van der Waals surface area contributed by atoms with E-state index < -0.39 is 77.6 Å². The molecule has 0 spiro atoms. The Morgan fingerprint density at radius 1 is 1.09 bits per heavy atom. The zero-order valence-corrected chi connectivity index (χ0v) is 30.9. The lowest BCUT2D eigenvalue weighted by molar-refractivity contribution is -0.304. The molecule has 0 aromatic rings. The van der Waals surface area contributed by atoms with Crippen LogP contribution in [0.5, 0.6) is 0 Å². The van der Waals surface area contributed by atoms with Gasteiger partial charge >= 0.3 is 5.97 Å². The molecule has 0 aromatic carbocycles. The maximum Gasteiger partial charge on any atom is 0.312 e. The van der Waals surface area contributed by atoms with Gasteiger partial charge in [0.15, 0.2) is 6.29 Å². The summed E-state index contributed by atoms with van der Waals surface area (Å²) in [6, 6.07) is -0.863. The third-order valence-electron chi connectivity index (χ3n) is 10.7. The fourth-order valence-electron chi connectivity index (χ4n) is 7.40. The minimum absolute atomic E-state index is 0.137. The summed E-state index contributed by atoms with van der Waals surface area (Å²) in [5.74, 6) is -3.10. The first-order valence-electron chi connectivity index (χ1n) is 17.4. The number of hydrogen-bond acceptors (Lipinski definition) is 13. The van der Waals surface area contributed by atoms with Crippen LogP contribution >= 0.6 is 0 Å². The van der Waals surface area contributed by atoms with Crippen LogP contribution in [0.1, 0.15) is 88.0 Å². The molecule has 0 radical (unpaired) electrons. The van der Waals surface area contributed by atoms with E-state index in [4.69, 9.17) is 18.9 Å². The first kappa shape index (κ1) is 42.2. The van der Waals surface area contributed by atoms with Crippen molar-refractivity contribution in [3.63, 3.8) is 0 Å². The maximum absolute atomic E-state index is 13.9. The smallest absolute Gasteiger partial charge is 0.312 e. The Morgan fingerprint density at radius 3 is 2.23 bits per heavy atom. The number of nitrogens with zero attached hydrogens (tertiary/aromatic N) is 1. The van der Waals surface area contributed by atoms with Gasteiger partial charge in [-0.1, -0.05) is 27.7 Å². The number of rotatable bonds is 9. The highest BCUT2D eigenvalue weighted by molar-refractivity contribution is 5.74. The number of methoxy groups -OCH3 is 1. The predicted molar refractivity (Wildman–Crippen MR) is 178 cm³/mol. The zero-order valence-electron chi connectivity index (χ0n) is 30.9. The second kappa shape index (κ2) is 17.3. The Balaban J connectivity index is 2.72. The van der Waals surface area contributed by atoms with Gasteiger partial charge in [-0.15, -0.1) is 0 Å². The topological polar surface area (TPSA) is 182 Å². The van der Waals surface area contributed by atoms with Crippen molar-refractivity contribution in [2.45, 2.75) is 160 Å². The van der Waals surface area contributed by atoms with Gasteiger partial charge in [0.25, 0.3) is 0 Å². The van der Waals surface area contributed by atoms with Crippen LogP contribution in [-0.2, 0) is 23.7 Å². The van der Waals surface area contributed by atoms with Crippen LogP contribution < -0.4 is 10.6 Å². The van der Waals surface area contributed by atoms with E-state index in [9.17, 15) is 30.3 Å². The second-order valence-corrected chi connectivity index (χ2v) is 15.0. The number of esters is 1. The van der Waals surface area contributed by atoms with Crippen LogP contribution in [-0.4, -0.2) is 143 Å². The molecule has 0 bridgehead atoms. The molecule has 13 nitrogen and oxygen atoms in total. The molecule has 2 unspecified atom stereocenters. The summed E-state index contributed by atoms with van der Waals surface area (Å²) in [6.45, 7) is 15.8. The summed E-state index contributed by atoms with van der Waals surface area (Å²) in [4.78, 5) is 15.9. The number of likely N-dealkylation sites (N-methyl/N-ethyl adjacent to an activating group) is 1. The first-order chi connectivity index (χ1) is 21.7. The SMILES string of the molecule is CCC(NC[C@]1(O)C(C)C(=O)O[C@H](CC)[C@@](C)(O)[C@H](O)[C@@H](C)NC[C@H](C)C[C@](C)(O)[C@H](O[C@@H]2O[C@H](C)C[C@H](N(C)C)[C@H]2O)[C@H]1C)OC.